The van der Waals surface area contributed by atoms with Crippen LogP contribution in [0.3, 0.4) is 0 Å². The Labute approximate surface area is 344 Å². The lowest BCUT2D eigenvalue weighted by Gasteiger charge is -2.22. The highest BCUT2D eigenvalue weighted by molar-refractivity contribution is 5.97. The lowest BCUT2D eigenvalue weighted by molar-refractivity contribution is 0.477. The van der Waals surface area contributed by atoms with Gasteiger partial charge in [0.05, 0.1) is 28.0 Å². The van der Waals surface area contributed by atoms with Gasteiger partial charge < -0.3 is 5.11 Å². The summed E-state index contributed by atoms with van der Waals surface area (Å²) in [6.45, 7) is 11.2. The minimum absolute atomic E-state index is 0.0133. The maximum absolute atomic E-state index is 11.3. The predicted octanol–water partition coefficient (Wildman–Crippen LogP) is 14.3. The molecule has 0 bridgehead atoms. The van der Waals surface area contributed by atoms with Gasteiger partial charge in [-0.1, -0.05) is 133 Å². The van der Waals surface area contributed by atoms with Crippen molar-refractivity contribution in [3.05, 3.63) is 168 Å². The number of imidazole rings is 1. The molecule has 4 nitrogen and oxygen atoms in total. The number of hydrogen-bond donors (Lipinski definition) is 1. The number of benzene rings is 6. The molecule has 4 heteroatoms. The van der Waals surface area contributed by atoms with Crippen LogP contribution in [0.5, 0.6) is 5.75 Å². The van der Waals surface area contributed by atoms with E-state index in [2.05, 4.69) is 57.2 Å². The summed E-state index contributed by atoms with van der Waals surface area (Å²) in [7, 11) is 0. The van der Waals surface area contributed by atoms with E-state index >= 15 is 0 Å². The lowest BCUT2D eigenvalue weighted by Crippen LogP contribution is -2.11. The second-order valence-electron chi connectivity index (χ2n) is 16.3. The molecule has 0 amide bonds. The molecule has 0 fully saturated rings. The summed E-state index contributed by atoms with van der Waals surface area (Å²) in [5, 5.41) is 11.3. The van der Waals surface area contributed by atoms with Crippen LogP contribution < -0.4 is 0 Å². The smallest absolute Gasteiger partial charge is 0.149 e. The highest BCUT2D eigenvalue weighted by atomic mass is 16.3. The van der Waals surface area contributed by atoms with Crippen LogP contribution in [0.25, 0.3) is 72.7 Å². The van der Waals surface area contributed by atoms with Crippen LogP contribution in [0.2, 0.25) is 0 Å². The number of aromatic nitrogens is 3. The van der Waals surface area contributed by atoms with E-state index in [1.807, 2.05) is 117 Å². The van der Waals surface area contributed by atoms with E-state index in [4.69, 9.17) is 16.8 Å². The number of pyridine rings is 1. The number of aromatic hydroxyl groups is 1. The second kappa shape index (κ2) is 15.0. The maximum Gasteiger partial charge on any atom is 0.149 e. The van der Waals surface area contributed by atoms with Crippen LogP contribution in [-0.2, 0) is 5.41 Å². The molecule has 1 N–H and O–H groups in total. The van der Waals surface area contributed by atoms with Crippen LogP contribution in [0, 0.1) is 6.85 Å². The fourth-order valence-corrected chi connectivity index (χ4v) is 7.46. The van der Waals surface area contributed by atoms with Gasteiger partial charge in [0.15, 0.2) is 0 Å². The highest BCUT2D eigenvalue weighted by Gasteiger charge is 2.23. The number of para-hydroxylation sites is 2. The third-order valence-electron chi connectivity index (χ3n) is 10.8. The molecule has 0 aliphatic carbocycles. The Hall–Kier alpha value is -6.26. The quantitative estimate of drug-likeness (QED) is 0.168. The van der Waals surface area contributed by atoms with Crippen LogP contribution in [-0.4, -0.2) is 19.6 Å². The summed E-state index contributed by atoms with van der Waals surface area (Å²) in [6.07, 6.45) is 1.85. The summed E-state index contributed by atoms with van der Waals surface area (Å²) in [4.78, 5) is 10.1. The van der Waals surface area contributed by atoms with Gasteiger partial charge in [0, 0.05) is 24.2 Å². The standard InChI is InChI=1S/C53H51N3O/c1-33(2)39-26-40(34(3)4)28-41(27-39)37-21-22-48(35(5)25-37)56-49-19-14-18-45(51(49)55-52(56)46-17-12-13-20-50(46)57)42-29-43(31-44(30-42)53(6,7)8)47-32-38(23-24-54-47)36-15-10-9-11-16-36/h9-34,57H,1-8H3/i5D3,33D,34D. The van der Waals surface area contributed by atoms with Gasteiger partial charge in [0.2, 0.25) is 0 Å². The van der Waals surface area contributed by atoms with Crippen molar-refractivity contribution in [2.24, 2.45) is 0 Å². The van der Waals surface area contributed by atoms with Gasteiger partial charge in [0.1, 0.15) is 11.6 Å². The first-order chi connectivity index (χ1) is 29.2. The molecule has 284 valence electrons. The van der Waals surface area contributed by atoms with Crippen molar-refractivity contribution < 1.29 is 12.0 Å². The number of phenolic OH excluding ortho intramolecular Hbond substituents is 1. The molecule has 0 saturated carbocycles. The second-order valence-corrected chi connectivity index (χ2v) is 16.3. The normalized spacial score (nSPS) is 13.8. The molecule has 8 aromatic rings. The van der Waals surface area contributed by atoms with Gasteiger partial charge in [0.25, 0.3) is 0 Å². The number of nitrogens with zero attached hydrogens (tertiary/aromatic N) is 3. The number of hydrogen-bond acceptors (Lipinski definition) is 3. The first kappa shape index (κ1) is 31.9. The zero-order valence-electron chi connectivity index (χ0n) is 38.6. The number of fused-ring (bicyclic) bond motifs is 1. The van der Waals surface area contributed by atoms with Crippen LogP contribution in [0.1, 0.15) is 89.4 Å². The Morgan fingerprint density at radius 1 is 0.614 bits per heavy atom. The number of rotatable bonds is 8. The average molecular weight is 751 g/mol. The topological polar surface area (TPSA) is 50.9 Å². The minimum atomic E-state index is -2.56. The molecular weight excluding hydrogens is 695 g/mol. The highest BCUT2D eigenvalue weighted by Crippen LogP contribution is 2.41. The van der Waals surface area contributed by atoms with Crippen molar-refractivity contribution in [3.8, 4) is 67.5 Å². The molecule has 8 rings (SSSR count). The number of phenols is 1. The molecule has 0 spiro atoms. The van der Waals surface area contributed by atoms with E-state index in [1.165, 1.54) is 0 Å². The molecule has 0 saturated heterocycles. The summed E-state index contributed by atoms with van der Waals surface area (Å²) in [6, 6.07) is 45.0. The van der Waals surface area contributed by atoms with Gasteiger partial charge in [-0.25, -0.2) is 4.98 Å². The molecule has 0 aliphatic rings. The van der Waals surface area contributed by atoms with Gasteiger partial charge in [-0.3, -0.25) is 9.55 Å². The third kappa shape index (κ3) is 7.40. The monoisotopic (exact) mass is 750 g/mol. The molecule has 2 aromatic heterocycles. The minimum Gasteiger partial charge on any atom is -0.507 e. The van der Waals surface area contributed by atoms with E-state index in [1.54, 1.807) is 24.3 Å². The van der Waals surface area contributed by atoms with Crippen molar-refractivity contribution >= 4 is 11.0 Å². The molecule has 0 radical (unpaired) electrons. The van der Waals surface area contributed by atoms with Gasteiger partial charge >= 0.3 is 0 Å². The van der Waals surface area contributed by atoms with Crippen molar-refractivity contribution in [2.45, 2.75) is 72.5 Å². The SMILES string of the molecule is [2H]C([2H])([2H])c1cc(-c2cc(C([2H])(C)C)cc(C([2H])(C)C)c2)ccc1-n1c(-c2ccccc2O)nc2c(-c3cc(-c4cc(-c5ccccc5)ccn4)cc(C(C)(C)C)c3)cccc21. The molecule has 57 heavy (non-hydrogen) atoms. The molecule has 0 unspecified atom stereocenters. The van der Waals surface area contributed by atoms with Gasteiger partial charge in [-0.15, -0.1) is 0 Å². The molecule has 2 heterocycles. The summed E-state index contributed by atoms with van der Waals surface area (Å²) in [5.41, 5.74) is 11.7. The van der Waals surface area contributed by atoms with E-state index < -0.39 is 18.6 Å². The van der Waals surface area contributed by atoms with Crippen LogP contribution >= 0.6 is 0 Å². The van der Waals surface area contributed by atoms with Crippen molar-refractivity contribution in [1.82, 2.24) is 14.5 Å². The Balaban J connectivity index is 1.37. The zero-order valence-corrected chi connectivity index (χ0v) is 33.6. The Morgan fingerprint density at radius 2 is 1.30 bits per heavy atom. The summed E-state index contributed by atoms with van der Waals surface area (Å²) >= 11 is 0. The van der Waals surface area contributed by atoms with Crippen molar-refractivity contribution in [1.29, 1.82) is 0 Å². The van der Waals surface area contributed by atoms with E-state index in [-0.39, 0.29) is 16.7 Å². The fourth-order valence-electron chi connectivity index (χ4n) is 7.46. The van der Waals surface area contributed by atoms with Gasteiger partial charge in [-0.2, -0.15) is 0 Å². The molecular formula is C53H51N3O. The predicted molar refractivity (Wildman–Crippen MR) is 239 cm³/mol. The number of aryl methyl sites for hydroxylation is 1. The summed E-state index contributed by atoms with van der Waals surface area (Å²) < 4.78 is 46.2. The van der Waals surface area contributed by atoms with Crippen molar-refractivity contribution in [3.63, 3.8) is 0 Å². The molecule has 6 aromatic carbocycles. The Bertz CT molecular complexity index is 2930. The maximum atomic E-state index is 11.3. The van der Waals surface area contributed by atoms with Gasteiger partial charge in [-0.05, 0) is 129 Å². The first-order valence-corrected chi connectivity index (χ1v) is 19.5. The van der Waals surface area contributed by atoms with E-state index in [9.17, 15) is 5.11 Å². The van der Waals surface area contributed by atoms with Crippen LogP contribution in [0.4, 0.5) is 0 Å². The van der Waals surface area contributed by atoms with Crippen LogP contribution in [0.15, 0.2) is 146 Å². The molecule has 0 aliphatic heterocycles. The fraction of sp³-hybridized carbons (Fsp3) is 0.208. The largest absolute Gasteiger partial charge is 0.507 e. The zero-order chi connectivity index (χ0) is 44.4. The van der Waals surface area contributed by atoms with E-state index in [0.717, 1.165) is 55.8 Å². The molecule has 0 atom stereocenters. The van der Waals surface area contributed by atoms with Crippen molar-refractivity contribution in [2.75, 3.05) is 0 Å². The van der Waals surface area contributed by atoms with E-state index in [0.29, 0.717) is 33.7 Å². The summed E-state index contributed by atoms with van der Waals surface area (Å²) in [5.74, 6) is -1.49. The lowest BCUT2D eigenvalue weighted by atomic mass is 9.83. The average Bonchev–Trinajstić information content (AvgIpc) is 3.62. The first-order valence-electron chi connectivity index (χ1n) is 22.0. The Morgan fingerprint density at radius 3 is 2.00 bits per heavy atom. The third-order valence-corrected chi connectivity index (χ3v) is 10.8. The Kier molecular flexibility index (Phi) is 8.40.